The van der Waals surface area contributed by atoms with Crippen LogP contribution in [-0.4, -0.2) is 53.6 Å². The number of esters is 1. The van der Waals surface area contributed by atoms with Crippen LogP contribution in [0.5, 0.6) is 0 Å². The summed E-state index contributed by atoms with van der Waals surface area (Å²) >= 11 is 0. The second-order valence-corrected chi connectivity index (χ2v) is 8.67. The van der Waals surface area contributed by atoms with Crippen LogP contribution < -0.4 is 0 Å². The second-order valence-electron chi connectivity index (χ2n) is 8.67. The van der Waals surface area contributed by atoms with Crippen molar-refractivity contribution in [2.45, 2.75) is 71.6 Å². The number of ether oxygens (including phenoxy) is 4. The fourth-order valence-corrected chi connectivity index (χ4v) is 3.16. The second kappa shape index (κ2) is 10.1. The summed E-state index contributed by atoms with van der Waals surface area (Å²) in [5.74, 6) is -0.359. The van der Waals surface area contributed by atoms with Gasteiger partial charge < -0.3 is 18.9 Å². The van der Waals surface area contributed by atoms with E-state index >= 15 is 0 Å². The van der Waals surface area contributed by atoms with E-state index in [-0.39, 0.29) is 12.6 Å². The summed E-state index contributed by atoms with van der Waals surface area (Å²) in [5.41, 5.74) is -0.463. The van der Waals surface area contributed by atoms with Crippen molar-refractivity contribution in [2.75, 3.05) is 13.2 Å². The Bertz CT molecular complexity index is 738. The minimum absolute atomic E-state index is 0.129. The van der Waals surface area contributed by atoms with Gasteiger partial charge in [-0.2, -0.15) is 0 Å². The number of hydrogen-bond acceptors (Lipinski definition) is 6. The largest absolute Gasteiger partial charge is 0.462 e. The Kier molecular flexibility index (Phi) is 8.03. The molecule has 0 N–H and O–H groups in total. The molecule has 1 aliphatic heterocycles. The fourth-order valence-electron chi connectivity index (χ4n) is 3.16. The van der Waals surface area contributed by atoms with Crippen LogP contribution in [0.25, 0.3) is 0 Å². The minimum Gasteiger partial charge on any atom is -0.462 e. The van der Waals surface area contributed by atoms with Gasteiger partial charge in [0.05, 0.1) is 25.4 Å². The van der Waals surface area contributed by atoms with E-state index < -0.39 is 29.6 Å². The molecule has 1 fully saturated rings. The van der Waals surface area contributed by atoms with Crippen LogP contribution in [0.3, 0.4) is 0 Å². The van der Waals surface area contributed by atoms with Crippen LogP contribution in [0.1, 0.15) is 47.1 Å². The Morgan fingerprint density at radius 2 is 1.93 bits per heavy atom. The maximum absolute atomic E-state index is 13.0. The van der Waals surface area contributed by atoms with Crippen molar-refractivity contribution in [1.82, 2.24) is 4.90 Å². The van der Waals surface area contributed by atoms with Crippen molar-refractivity contribution in [2.24, 2.45) is 0 Å². The van der Waals surface area contributed by atoms with Crippen LogP contribution in [0, 0.1) is 0 Å². The number of benzene rings is 1. The summed E-state index contributed by atoms with van der Waals surface area (Å²) in [5, 5.41) is 0. The zero-order valence-corrected chi connectivity index (χ0v) is 18.7. The molecule has 30 heavy (non-hydrogen) atoms. The third kappa shape index (κ3) is 7.15. The molecule has 0 saturated carbocycles. The molecular formula is C23H33NO6. The van der Waals surface area contributed by atoms with E-state index in [0.29, 0.717) is 13.2 Å². The zero-order chi connectivity index (χ0) is 22.4. The number of rotatable bonds is 7. The van der Waals surface area contributed by atoms with Crippen LogP contribution in [0.2, 0.25) is 0 Å². The highest BCUT2D eigenvalue weighted by Gasteiger charge is 2.48. The topological polar surface area (TPSA) is 74.3 Å². The van der Waals surface area contributed by atoms with E-state index in [1.54, 1.807) is 17.1 Å². The predicted molar refractivity (Wildman–Crippen MR) is 113 cm³/mol. The van der Waals surface area contributed by atoms with Gasteiger partial charge in [0.2, 0.25) is 0 Å². The Morgan fingerprint density at radius 1 is 1.27 bits per heavy atom. The number of nitrogens with zero attached hydrogens (tertiary/aromatic N) is 1. The van der Waals surface area contributed by atoms with Crippen molar-refractivity contribution < 1.29 is 28.5 Å². The van der Waals surface area contributed by atoms with Crippen LogP contribution in [0.15, 0.2) is 42.5 Å². The molecule has 0 bridgehead atoms. The predicted octanol–water partition coefficient (Wildman–Crippen LogP) is 4.06. The lowest BCUT2D eigenvalue weighted by molar-refractivity contribution is -0.139. The first-order chi connectivity index (χ1) is 14.0. The monoisotopic (exact) mass is 419 g/mol. The molecule has 7 nitrogen and oxygen atoms in total. The molecule has 2 atom stereocenters. The molecule has 1 heterocycles. The van der Waals surface area contributed by atoms with E-state index in [1.807, 2.05) is 65.0 Å². The zero-order valence-electron chi connectivity index (χ0n) is 18.7. The summed E-state index contributed by atoms with van der Waals surface area (Å²) < 4.78 is 22.7. The molecule has 1 amide bonds. The quantitative estimate of drug-likeness (QED) is 0.490. The maximum Gasteiger partial charge on any atom is 0.413 e. The van der Waals surface area contributed by atoms with Gasteiger partial charge in [-0.3, -0.25) is 9.69 Å². The van der Waals surface area contributed by atoms with Gasteiger partial charge in [-0.1, -0.05) is 36.4 Å². The van der Waals surface area contributed by atoms with Crippen molar-refractivity contribution in [3.8, 4) is 0 Å². The van der Waals surface area contributed by atoms with E-state index in [2.05, 4.69) is 0 Å². The molecular weight excluding hydrogens is 386 g/mol. The molecule has 0 aliphatic carbocycles. The average molecular weight is 420 g/mol. The van der Waals surface area contributed by atoms with Gasteiger partial charge in [-0.25, -0.2) is 4.79 Å². The molecule has 1 aromatic carbocycles. The molecule has 0 spiro atoms. The van der Waals surface area contributed by atoms with Gasteiger partial charge in [0.1, 0.15) is 17.9 Å². The lowest BCUT2D eigenvalue weighted by Gasteiger charge is -2.37. The summed E-state index contributed by atoms with van der Waals surface area (Å²) in [4.78, 5) is 25.6. The Morgan fingerprint density at radius 3 is 2.53 bits per heavy atom. The normalized spacial score (nSPS) is 19.7. The number of amides is 1. The third-order valence-corrected chi connectivity index (χ3v) is 4.48. The highest BCUT2D eigenvalue weighted by molar-refractivity contribution is 5.70. The van der Waals surface area contributed by atoms with E-state index in [4.69, 9.17) is 18.9 Å². The standard InChI is InChI=1S/C23H33NO6/c1-17(25)27-14-10-13-20(28-15-18-11-8-7-9-12-18)19-16-29-23(5,6)24(19)21(26)30-22(2,3)4/h7-13,19-20H,14-16H2,1-6H3/b13-10-/t19-,20+/m0/s1. The molecule has 0 aromatic heterocycles. The Labute approximate surface area is 178 Å². The van der Waals surface area contributed by atoms with Gasteiger partial charge in [0, 0.05) is 6.92 Å². The minimum atomic E-state index is -0.842. The summed E-state index contributed by atoms with van der Waals surface area (Å²) in [6.07, 6.45) is 2.58. The Balaban J connectivity index is 2.22. The van der Waals surface area contributed by atoms with Crippen LogP contribution in [0.4, 0.5) is 4.79 Å². The molecule has 7 heteroatoms. The summed E-state index contributed by atoms with van der Waals surface area (Å²) in [6, 6.07) is 9.38. The highest BCUT2D eigenvalue weighted by atomic mass is 16.6. The SMILES string of the molecule is CC(=O)OC/C=C\[C@@H](OCc1ccccc1)[C@@H]1COC(C)(C)N1C(=O)OC(C)(C)C. The fraction of sp³-hybridized carbons (Fsp3) is 0.565. The van der Waals surface area contributed by atoms with Crippen LogP contribution in [-0.2, 0) is 30.3 Å². The summed E-state index contributed by atoms with van der Waals surface area (Å²) in [7, 11) is 0. The first-order valence-corrected chi connectivity index (χ1v) is 10.1. The van der Waals surface area contributed by atoms with Crippen molar-refractivity contribution in [3.05, 3.63) is 48.0 Å². The van der Waals surface area contributed by atoms with E-state index in [0.717, 1.165) is 5.56 Å². The Hall–Kier alpha value is -2.38. The van der Waals surface area contributed by atoms with Gasteiger partial charge >= 0.3 is 12.1 Å². The lowest BCUT2D eigenvalue weighted by atomic mass is 10.1. The molecule has 0 radical (unpaired) electrons. The molecule has 1 aliphatic rings. The molecule has 166 valence electrons. The van der Waals surface area contributed by atoms with Gasteiger partial charge in [-0.05, 0) is 46.3 Å². The van der Waals surface area contributed by atoms with Crippen LogP contribution >= 0.6 is 0 Å². The molecule has 2 rings (SSSR count). The average Bonchev–Trinajstić information content (AvgIpc) is 2.95. The summed E-state index contributed by atoms with van der Waals surface area (Å²) in [6.45, 7) is 11.3. The molecule has 0 unspecified atom stereocenters. The lowest BCUT2D eigenvalue weighted by Crippen LogP contribution is -2.53. The first kappa shape index (κ1) is 23.9. The molecule has 1 saturated heterocycles. The van der Waals surface area contributed by atoms with Crippen molar-refractivity contribution in [1.29, 1.82) is 0 Å². The van der Waals surface area contributed by atoms with Crippen molar-refractivity contribution >= 4 is 12.1 Å². The number of hydrogen-bond donors (Lipinski definition) is 0. The number of carbonyl (C=O) groups excluding carboxylic acids is 2. The smallest absolute Gasteiger partial charge is 0.413 e. The molecule has 1 aromatic rings. The van der Waals surface area contributed by atoms with Crippen molar-refractivity contribution in [3.63, 3.8) is 0 Å². The van der Waals surface area contributed by atoms with Gasteiger partial charge in [0.25, 0.3) is 0 Å². The first-order valence-electron chi connectivity index (χ1n) is 10.1. The highest BCUT2D eigenvalue weighted by Crippen LogP contribution is 2.32. The third-order valence-electron chi connectivity index (χ3n) is 4.48. The van der Waals surface area contributed by atoms with Gasteiger partial charge in [0.15, 0.2) is 0 Å². The number of carbonyl (C=O) groups is 2. The maximum atomic E-state index is 13.0. The van der Waals surface area contributed by atoms with Gasteiger partial charge in [-0.15, -0.1) is 0 Å². The van der Waals surface area contributed by atoms with E-state index in [1.165, 1.54) is 6.92 Å². The van der Waals surface area contributed by atoms with E-state index in [9.17, 15) is 9.59 Å².